The van der Waals surface area contributed by atoms with Gasteiger partial charge in [0.15, 0.2) is 0 Å². The van der Waals surface area contributed by atoms with Crippen LogP contribution in [0.1, 0.15) is 28.9 Å². The third-order valence-corrected chi connectivity index (χ3v) is 6.26. The van der Waals surface area contributed by atoms with Crippen molar-refractivity contribution in [1.29, 1.82) is 0 Å². The molecule has 0 N–H and O–H groups in total. The Morgan fingerprint density at radius 3 is 2.60 bits per heavy atom. The number of hydrogen-bond acceptors (Lipinski definition) is 4. The first kappa shape index (κ1) is 19.1. The van der Waals surface area contributed by atoms with Crippen molar-refractivity contribution in [2.24, 2.45) is 5.92 Å². The zero-order valence-corrected chi connectivity index (χ0v) is 17.6. The van der Waals surface area contributed by atoms with Gasteiger partial charge < -0.3 is 14.2 Å². The number of pyridine rings is 2. The maximum atomic E-state index is 13.0. The molecule has 0 aromatic carbocycles. The minimum atomic E-state index is 0.0106. The summed E-state index contributed by atoms with van der Waals surface area (Å²) >= 11 is 0. The van der Waals surface area contributed by atoms with Crippen LogP contribution < -0.4 is 4.90 Å². The summed E-state index contributed by atoms with van der Waals surface area (Å²) in [6, 6.07) is 14.1. The second-order valence-corrected chi connectivity index (χ2v) is 8.62. The van der Waals surface area contributed by atoms with Gasteiger partial charge in [-0.1, -0.05) is 6.07 Å². The molecule has 1 saturated heterocycles. The lowest BCUT2D eigenvalue weighted by Gasteiger charge is -2.35. The van der Waals surface area contributed by atoms with Crippen molar-refractivity contribution in [1.82, 2.24) is 19.2 Å². The number of carbonyl (C=O) groups excluding carboxylic acids is 1. The van der Waals surface area contributed by atoms with E-state index in [2.05, 4.69) is 31.3 Å². The highest BCUT2D eigenvalue weighted by Crippen LogP contribution is 2.30. The van der Waals surface area contributed by atoms with E-state index in [0.29, 0.717) is 12.1 Å². The molecule has 0 radical (unpaired) electrons. The Kier molecular flexibility index (Phi) is 5.17. The highest BCUT2D eigenvalue weighted by atomic mass is 16.2. The first-order chi connectivity index (χ1) is 14.7. The van der Waals surface area contributed by atoms with Crippen LogP contribution in [0.3, 0.4) is 0 Å². The first-order valence-corrected chi connectivity index (χ1v) is 10.9. The molecule has 1 saturated carbocycles. The SMILES string of the molecule is CN(Cc1ccccn1)C(=O)c1ccc2ccc(N3CCN(CC4CC4)CC3)n2c1. The Morgan fingerprint density at radius 1 is 1.07 bits per heavy atom. The summed E-state index contributed by atoms with van der Waals surface area (Å²) < 4.78 is 2.17. The van der Waals surface area contributed by atoms with Crippen LogP contribution in [0.25, 0.3) is 5.52 Å². The van der Waals surface area contributed by atoms with Gasteiger partial charge in [0.2, 0.25) is 0 Å². The Bertz CT molecular complexity index is 1020. The van der Waals surface area contributed by atoms with Gasteiger partial charge in [0.05, 0.1) is 17.8 Å². The lowest BCUT2D eigenvalue weighted by molar-refractivity contribution is 0.0783. The molecule has 2 aliphatic rings. The normalized spacial score (nSPS) is 17.4. The fraction of sp³-hybridized carbons (Fsp3) is 0.417. The molecule has 0 spiro atoms. The molecular formula is C24H29N5O. The van der Waals surface area contributed by atoms with Crippen LogP contribution in [0.4, 0.5) is 5.82 Å². The molecular weight excluding hydrogens is 374 g/mol. The van der Waals surface area contributed by atoms with Gasteiger partial charge in [0.1, 0.15) is 5.82 Å². The molecule has 1 amide bonds. The van der Waals surface area contributed by atoms with Crippen molar-refractivity contribution in [2.45, 2.75) is 19.4 Å². The first-order valence-electron chi connectivity index (χ1n) is 10.9. The minimum Gasteiger partial charge on any atom is -0.355 e. The number of aromatic nitrogens is 2. The Morgan fingerprint density at radius 2 is 1.87 bits per heavy atom. The van der Waals surface area contributed by atoms with E-state index >= 15 is 0 Å². The predicted molar refractivity (Wildman–Crippen MR) is 119 cm³/mol. The van der Waals surface area contributed by atoms with Crippen molar-refractivity contribution < 1.29 is 4.79 Å². The molecule has 2 fully saturated rings. The van der Waals surface area contributed by atoms with Gasteiger partial charge in [-0.25, -0.2) is 0 Å². The second kappa shape index (κ2) is 8.11. The van der Waals surface area contributed by atoms with Gasteiger partial charge in [-0.2, -0.15) is 0 Å². The summed E-state index contributed by atoms with van der Waals surface area (Å²) in [5.74, 6) is 2.14. The number of carbonyl (C=O) groups is 1. The number of piperazine rings is 1. The van der Waals surface area contributed by atoms with Crippen LogP contribution in [0.15, 0.2) is 54.9 Å². The van der Waals surface area contributed by atoms with Crippen molar-refractivity contribution >= 4 is 17.2 Å². The van der Waals surface area contributed by atoms with E-state index in [4.69, 9.17) is 0 Å². The molecule has 5 rings (SSSR count). The van der Waals surface area contributed by atoms with E-state index in [1.807, 2.05) is 43.6 Å². The van der Waals surface area contributed by atoms with Crippen molar-refractivity contribution in [3.63, 3.8) is 0 Å². The average molecular weight is 404 g/mol. The smallest absolute Gasteiger partial charge is 0.255 e. The van der Waals surface area contributed by atoms with Crippen LogP contribution in [-0.4, -0.2) is 64.9 Å². The predicted octanol–water partition coefficient (Wildman–Crippen LogP) is 3.14. The Balaban J connectivity index is 1.31. The van der Waals surface area contributed by atoms with Crippen molar-refractivity contribution in [3.8, 4) is 0 Å². The quantitative estimate of drug-likeness (QED) is 0.634. The number of anilines is 1. The average Bonchev–Trinajstić information content (AvgIpc) is 3.50. The highest BCUT2D eigenvalue weighted by Gasteiger charge is 2.27. The molecule has 30 heavy (non-hydrogen) atoms. The van der Waals surface area contributed by atoms with Gasteiger partial charge >= 0.3 is 0 Å². The van der Waals surface area contributed by atoms with Gasteiger partial charge in [-0.05, 0) is 55.2 Å². The lowest BCUT2D eigenvalue weighted by atomic mass is 10.2. The molecule has 6 heteroatoms. The zero-order valence-electron chi connectivity index (χ0n) is 17.6. The second-order valence-electron chi connectivity index (χ2n) is 8.62. The fourth-order valence-electron chi connectivity index (χ4n) is 4.32. The maximum Gasteiger partial charge on any atom is 0.255 e. The summed E-state index contributed by atoms with van der Waals surface area (Å²) in [6.07, 6.45) is 6.57. The van der Waals surface area contributed by atoms with Crippen molar-refractivity contribution in [3.05, 3.63) is 66.1 Å². The molecule has 0 bridgehead atoms. The molecule has 0 atom stereocenters. The van der Waals surface area contributed by atoms with Crippen LogP contribution in [-0.2, 0) is 6.54 Å². The number of nitrogens with zero attached hydrogens (tertiary/aromatic N) is 5. The van der Waals surface area contributed by atoms with E-state index in [-0.39, 0.29) is 5.91 Å². The topological polar surface area (TPSA) is 44.1 Å². The van der Waals surface area contributed by atoms with Crippen LogP contribution >= 0.6 is 0 Å². The Labute approximate surface area is 177 Å². The van der Waals surface area contributed by atoms with Crippen LogP contribution in [0, 0.1) is 5.92 Å². The largest absolute Gasteiger partial charge is 0.355 e. The molecule has 6 nitrogen and oxygen atoms in total. The zero-order chi connectivity index (χ0) is 20.5. The third kappa shape index (κ3) is 4.05. The Hall–Kier alpha value is -2.86. The maximum absolute atomic E-state index is 13.0. The minimum absolute atomic E-state index is 0.0106. The molecule has 1 aliphatic carbocycles. The van der Waals surface area contributed by atoms with Crippen molar-refractivity contribution in [2.75, 3.05) is 44.7 Å². The van der Waals surface area contributed by atoms with E-state index in [9.17, 15) is 4.79 Å². The van der Waals surface area contributed by atoms with Crippen LogP contribution in [0.2, 0.25) is 0 Å². The van der Waals surface area contributed by atoms with Gasteiger partial charge in [-0.3, -0.25) is 14.7 Å². The van der Waals surface area contributed by atoms with Crippen LogP contribution in [0.5, 0.6) is 0 Å². The van der Waals surface area contributed by atoms with Gasteiger partial charge in [0.25, 0.3) is 5.91 Å². The number of rotatable bonds is 6. The molecule has 3 aromatic heterocycles. The molecule has 3 aromatic rings. The van der Waals surface area contributed by atoms with E-state index in [1.54, 1.807) is 11.1 Å². The van der Waals surface area contributed by atoms with E-state index in [0.717, 1.165) is 43.3 Å². The summed E-state index contributed by atoms with van der Waals surface area (Å²) in [4.78, 5) is 24.1. The van der Waals surface area contributed by atoms with E-state index < -0.39 is 0 Å². The summed E-state index contributed by atoms with van der Waals surface area (Å²) in [5.41, 5.74) is 2.71. The molecule has 4 heterocycles. The van der Waals surface area contributed by atoms with Gasteiger partial charge in [-0.15, -0.1) is 0 Å². The summed E-state index contributed by atoms with van der Waals surface area (Å²) in [7, 11) is 1.83. The number of hydrogen-bond donors (Lipinski definition) is 0. The van der Waals surface area contributed by atoms with Gasteiger partial charge in [0, 0.05) is 57.7 Å². The standard InChI is InChI=1S/C24H29N5O/c1-26(18-21-4-2-3-11-25-21)24(30)20-7-8-22-9-10-23(29(22)17-20)28-14-12-27(13-15-28)16-19-5-6-19/h2-4,7-11,17,19H,5-6,12-16,18H2,1H3. The van der Waals surface area contributed by atoms with E-state index in [1.165, 1.54) is 25.2 Å². The summed E-state index contributed by atoms with van der Waals surface area (Å²) in [6.45, 7) is 6.08. The molecule has 156 valence electrons. The molecule has 0 unspecified atom stereocenters. The number of amides is 1. The third-order valence-electron chi connectivity index (χ3n) is 6.26. The summed E-state index contributed by atoms with van der Waals surface area (Å²) in [5, 5.41) is 0. The molecule has 1 aliphatic heterocycles. The monoisotopic (exact) mass is 403 g/mol. The highest BCUT2D eigenvalue weighted by molar-refractivity contribution is 5.94. The lowest BCUT2D eigenvalue weighted by Crippen LogP contribution is -2.47. The number of fused-ring (bicyclic) bond motifs is 1. The fourth-order valence-corrected chi connectivity index (χ4v) is 4.32.